The molecule has 1 rings (SSSR count). The van der Waals surface area contributed by atoms with Crippen molar-refractivity contribution in [3.63, 3.8) is 0 Å². The minimum absolute atomic E-state index is 0.0915. The second kappa shape index (κ2) is 4.15. The van der Waals surface area contributed by atoms with Crippen LogP contribution in [0.5, 0.6) is 0 Å². The molecular formula is C9H7F3OSe. The second-order valence-electron chi connectivity index (χ2n) is 2.57. The first-order chi connectivity index (χ1) is 6.45. The molecule has 14 heavy (non-hydrogen) atoms. The van der Waals surface area contributed by atoms with Gasteiger partial charge in [-0.05, 0) is 0 Å². The monoisotopic (exact) mass is 268 g/mol. The zero-order chi connectivity index (χ0) is 10.8. The summed E-state index contributed by atoms with van der Waals surface area (Å²) in [5.41, 5.74) is -0.377. The Bertz CT molecular complexity index is 329. The molecule has 0 aromatic heterocycles. The molecule has 0 amide bonds. The molecule has 0 heterocycles. The van der Waals surface area contributed by atoms with Crippen LogP contribution in [-0.4, -0.2) is 19.6 Å². The fourth-order valence-corrected chi connectivity index (χ4v) is 1.69. The zero-order valence-corrected chi connectivity index (χ0v) is 8.97. The Hall–Kier alpha value is -0.801. The number of rotatable bonds is 2. The van der Waals surface area contributed by atoms with Gasteiger partial charge in [-0.15, -0.1) is 0 Å². The molecule has 0 atom stereocenters. The van der Waals surface area contributed by atoms with Crippen molar-refractivity contribution in [1.29, 1.82) is 0 Å². The van der Waals surface area contributed by atoms with Crippen molar-refractivity contribution in [2.24, 2.45) is 0 Å². The number of halogens is 3. The van der Waals surface area contributed by atoms with Crippen LogP contribution < -0.4 is 0 Å². The van der Waals surface area contributed by atoms with Crippen LogP contribution in [0.1, 0.15) is 15.9 Å². The van der Waals surface area contributed by atoms with Crippen LogP contribution >= 0.6 is 0 Å². The average molecular weight is 267 g/mol. The third kappa shape index (κ3) is 2.59. The topological polar surface area (TPSA) is 17.1 Å². The van der Waals surface area contributed by atoms with E-state index in [1.807, 2.05) is 0 Å². The third-order valence-electron chi connectivity index (χ3n) is 1.63. The Kier molecular flexibility index (Phi) is 3.34. The van der Waals surface area contributed by atoms with Crippen LogP contribution in [0.4, 0.5) is 13.2 Å². The van der Waals surface area contributed by atoms with E-state index in [0.29, 0.717) is 5.56 Å². The quantitative estimate of drug-likeness (QED) is 0.753. The molecule has 1 nitrogen and oxygen atoms in total. The first-order valence-electron chi connectivity index (χ1n) is 3.70. The summed E-state index contributed by atoms with van der Waals surface area (Å²) in [7, 11) is 0. The second-order valence-corrected chi connectivity index (χ2v) is 4.20. The van der Waals surface area contributed by atoms with Crippen molar-refractivity contribution in [2.45, 2.75) is 12.0 Å². The van der Waals surface area contributed by atoms with Crippen LogP contribution in [0, 0.1) is 0 Å². The Morgan fingerprint density at radius 2 is 1.71 bits per heavy atom. The summed E-state index contributed by atoms with van der Waals surface area (Å²) in [6.07, 6.45) is -4.33. The molecule has 0 aliphatic heterocycles. The predicted octanol–water partition coefficient (Wildman–Crippen LogP) is 2.60. The fraction of sp³-hybridized carbons (Fsp3) is 0.222. The van der Waals surface area contributed by atoms with Gasteiger partial charge in [0.15, 0.2) is 0 Å². The molecule has 0 bridgehead atoms. The van der Waals surface area contributed by atoms with Gasteiger partial charge in [-0.3, -0.25) is 0 Å². The molecule has 0 N–H and O–H groups in total. The summed E-state index contributed by atoms with van der Waals surface area (Å²) in [5, 5.41) is 0. The van der Waals surface area contributed by atoms with Crippen molar-refractivity contribution < 1.29 is 18.0 Å². The Morgan fingerprint density at radius 3 is 2.07 bits per heavy atom. The number of carbonyl (C=O) groups excluding carboxylic acids is 1. The summed E-state index contributed by atoms with van der Waals surface area (Å²) < 4.78 is 36.3. The van der Waals surface area contributed by atoms with Gasteiger partial charge in [0.1, 0.15) is 0 Å². The molecular weight excluding hydrogens is 260 g/mol. The Labute approximate surface area is 85.5 Å². The normalized spacial score (nSPS) is 11.4. The first-order valence-corrected chi connectivity index (χ1v) is 6.27. The summed E-state index contributed by atoms with van der Waals surface area (Å²) in [4.78, 5) is 11.1. The van der Waals surface area contributed by atoms with Gasteiger partial charge in [0, 0.05) is 0 Å². The van der Waals surface area contributed by atoms with E-state index < -0.39 is 11.7 Å². The number of hydrogen-bond donors (Lipinski definition) is 0. The van der Waals surface area contributed by atoms with E-state index in [-0.39, 0.29) is 19.6 Å². The molecule has 0 spiro atoms. The van der Waals surface area contributed by atoms with Crippen LogP contribution in [0.25, 0.3) is 0 Å². The molecule has 0 aliphatic carbocycles. The van der Waals surface area contributed by atoms with E-state index in [1.54, 1.807) is 5.82 Å². The minimum atomic E-state index is -4.33. The summed E-state index contributed by atoms with van der Waals surface area (Å²) in [5.74, 6) is 1.73. The average Bonchev–Trinajstić information content (AvgIpc) is 2.15. The molecule has 1 aromatic carbocycles. The Balaban J connectivity index is 2.95. The van der Waals surface area contributed by atoms with Crippen LogP contribution in [-0.2, 0) is 6.18 Å². The van der Waals surface area contributed by atoms with Gasteiger partial charge >= 0.3 is 85.0 Å². The van der Waals surface area contributed by atoms with E-state index in [9.17, 15) is 18.0 Å². The summed E-state index contributed by atoms with van der Waals surface area (Å²) >= 11 is -0.209. The third-order valence-corrected chi connectivity index (χ3v) is 2.91. The molecule has 0 saturated carbocycles. The van der Waals surface area contributed by atoms with Crippen molar-refractivity contribution in [3.05, 3.63) is 35.4 Å². The van der Waals surface area contributed by atoms with Gasteiger partial charge in [-0.1, -0.05) is 0 Å². The maximum atomic E-state index is 12.1. The number of hydrogen-bond acceptors (Lipinski definition) is 1. The van der Waals surface area contributed by atoms with Crippen LogP contribution in [0.15, 0.2) is 24.3 Å². The van der Waals surface area contributed by atoms with Gasteiger partial charge in [0.05, 0.1) is 0 Å². The molecule has 5 heteroatoms. The van der Waals surface area contributed by atoms with E-state index in [0.717, 1.165) is 12.1 Å². The number of benzene rings is 1. The van der Waals surface area contributed by atoms with Crippen LogP contribution in [0.3, 0.4) is 0 Å². The summed E-state index contributed by atoms with van der Waals surface area (Å²) in [6.45, 7) is 0. The molecule has 76 valence electrons. The SMILES string of the molecule is C[Se]C(=O)c1ccc(C(F)(F)F)cc1. The van der Waals surface area contributed by atoms with Gasteiger partial charge in [-0.2, -0.15) is 0 Å². The molecule has 0 saturated heterocycles. The van der Waals surface area contributed by atoms with Crippen molar-refractivity contribution in [1.82, 2.24) is 0 Å². The van der Waals surface area contributed by atoms with Gasteiger partial charge in [0.25, 0.3) is 0 Å². The fourth-order valence-electron chi connectivity index (χ4n) is 0.913. The molecule has 0 unspecified atom stereocenters. The zero-order valence-electron chi connectivity index (χ0n) is 7.26. The number of carbonyl (C=O) groups is 1. The predicted molar refractivity (Wildman–Crippen MR) is 47.4 cm³/mol. The van der Waals surface area contributed by atoms with Crippen molar-refractivity contribution in [2.75, 3.05) is 0 Å². The van der Waals surface area contributed by atoms with E-state index in [1.165, 1.54) is 12.1 Å². The molecule has 0 aliphatic rings. The van der Waals surface area contributed by atoms with Crippen molar-refractivity contribution >= 4 is 19.6 Å². The van der Waals surface area contributed by atoms with E-state index >= 15 is 0 Å². The first kappa shape index (κ1) is 11.3. The van der Waals surface area contributed by atoms with Crippen molar-refractivity contribution in [3.8, 4) is 0 Å². The molecule has 0 fully saturated rings. The summed E-state index contributed by atoms with van der Waals surface area (Å²) in [6, 6.07) is 4.30. The van der Waals surface area contributed by atoms with Gasteiger partial charge in [-0.25, -0.2) is 0 Å². The van der Waals surface area contributed by atoms with Gasteiger partial charge in [0.2, 0.25) is 0 Å². The van der Waals surface area contributed by atoms with Crippen LogP contribution in [0.2, 0.25) is 5.82 Å². The maximum absolute atomic E-state index is 12.1. The van der Waals surface area contributed by atoms with E-state index in [2.05, 4.69) is 0 Å². The molecule has 1 aromatic rings. The van der Waals surface area contributed by atoms with E-state index in [4.69, 9.17) is 0 Å². The van der Waals surface area contributed by atoms with Gasteiger partial charge < -0.3 is 0 Å². The Morgan fingerprint density at radius 1 is 1.21 bits per heavy atom. The standard InChI is InChI=1S/C9H7F3OSe/c1-14-8(13)6-2-4-7(5-3-6)9(10,11)12/h2-5H,1H3. The molecule has 0 radical (unpaired) electrons. The number of alkyl halides is 3.